The van der Waals surface area contributed by atoms with E-state index >= 15 is 0 Å². The number of nitrogens with zero attached hydrogens (tertiary/aromatic N) is 3. The molecule has 0 radical (unpaired) electrons. The quantitative estimate of drug-likeness (QED) is 0.514. The lowest BCUT2D eigenvalue weighted by atomic mass is 9.85. The van der Waals surface area contributed by atoms with E-state index in [1.807, 2.05) is 14.1 Å². The SMILES string of the molecule is CCNC(=NCC1(C(=O)N(C)C)CCCC1)NCC(C1CC1)N(C)C. The average molecular weight is 352 g/mol. The van der Waals surface area contributed by atoms with E-state index < -0.39 is 0 Å². The first kappa shape index (κ1) is 20.0. The lowest BCUT2D eigenvalue weighted by Gasteiger charge is -2.30. The summed E-state index contributed by atoms with van der Waals surface area (Å²) in [5.41, 5.74) is -0.302. The molecular formula is C19H37N5O. The number of likely N-dealkylation sites (N-methyl/N-ethyl adjacent to an activating group) is 1. The number of nitrogens with one attached hydrogen (secondary N) is 2. The van der Waals surface area contributed by atoms with Gasteiger partial charge in [0.25, 0.3) is 0 Å². The van der Waals surface area contributed by atoms with Crippen molar-refractivity contribution in [1.82, 2.24) is 20.4 Å². The molecule has 1 amide bonds. The molecule has 2 rings (SSSR count). The zero-order valence-corrected chi connectivity index (χ0v) is 16.8. The standard InChI is InChI=1S/C19H37N5O/c1-6-20-18(21-13-16(23(2)3)15-9-10-15)22-14-19(11-7-8-12-19)17(25)24(4)5/h15-16H,6-14H2,1-5H3,(H2,20,21,22). The highest BCUT2D eigenvalue weighted by Gasteiger charge is 2.42. The van der Waals surface area contributed by atoms with Crippen LogP contribution in [0.25, 0.3) is 0 Å². The van der Waals surface area contributed by atoms with Crippen molar-refractivity contribution < 1.29 is 4.79 Å². The Kier molecular flexibility index (Phi) is 7.11. The van der Waals surface area contributed by atoms with Crippen LogP contribution >= 0.6 is 0 Å². The van der Waals surface area contributed by atoms with Gasteiger partial charge in [-0.05, 0) is 52.6 Å². The van der Waals surface area contributed by atoms with Gasteiger partial charge in [-0.3, -0.25) is 9.79 Å². The molecule has 0 saturated heterocycles. The molecule has 6 heteroatoms. The summed E-state index contributed by atoms with van der Waals surface area (Å²) in [5.74, 6) is 1.88. The van der Waals surface area contributed by atoms with Crippen LogP contribution in [0.15, 0.2) is 4.99 Å². The van der Waals surface area contributed by atoms with Crippen molar-refractivity contribution in [2.45, 2.75) is 51.5 Å². The van der Waals surface area contributed by atoms with Crippen LogP contribution in [0.4, 0.5) is 0 Å². The molecule has 25 heavy (non-hydrogen) atoms. The van der Waals surface area contributed by atoms with Crippen molar-refractivity contribution >= 4 is 11.9 Å². The number of carbonyl (C=O) groups excluding carboxylic acids is 1. The summed E-state index contributed by atoms with van der Waals surface area (Å²) in [7, 11) is 8.01. The molecule has 6 nitrogen and oxygen atoms in total. The molecule has 2 aliphatic rings. The van der Waals surface area contributed by atoms with Gasteiger partial charge < -0.3 is 20.4 Å². The summed E-state index contributed by atoms with van der Waals surface area (Å²) in [6.07, 6.45) is 6.83. The Bertz CT molecular complexity index is 462. The molecule has 2 saturated carbocycles. The summed E-state index contributed by atoms with van der Waals surface area (Å²) >= 11 is 0. The van der Waals surface area contributed by atoms with Gasteiger partial charge in [0.05, 0.1) is 12.0 Å². The Balaban J connectivity index is 2.00. The number of rotatable bonds is 8. The first-order chi connectivity index (χ1) is 11.9. The molecule has 144 valence electrons. The van der Waals surface area contributed by atoms with Crippen LogP contribution in [-0.4, -0.2) is 75.5 Å². The molecule has 2 fully saturated rings. The second-order valence-corrected chi connectivity index (χ2v) is 8.13. The molecule has 1 unspecified atom stereocenters. The Hall–Kier alpha value is -1.30. The van der Waals surface area contributed by atoms with E-state index in [9.17, 15) is 4.79 Å². The summed E-state index contributed by atoms with van der Waals surface area (Å²) in [4.78, 5) is 21.6. The van der Waals surface area contributed by atoms with Crippen molar-refractivity contribution in [3.8, 4) is 0 Å². The molecule has 0 aromatic carbocycles. The van der Waals surface area contributed by atoms with Crippen molar-refractivity contribution in [3.05, 3.63) is 0 Å². The highest BCUT2D eigenvalue weighted by atomic mass is 16.2. The second kappa shape index (κ2) is 8.88. The predicted molar refractivity (Wildman–Crippen MR) is 104 cm³/mol. The third-order valence-corrected chi connectivity index (χ3v) is 5.61. The highest BCUT2D eigenvalue weighted by molar-refractivity contribution is 5.84. The monoisotopic (exact) mass is 351 g/mol. The number of hydrogen-bond acceptors (Lipinski definition) is 3. The van der Waals surface area contributed by atoms with Gasteiger partial charge in [-0.15, -0.1) is 0 Å². The maximum absolute atomic E-state index is 12.7. The van der Waals surface area contributed by atoms with E-state index in [4.69, 9.17) is 4.99 Å². The van der Waals surface area contributed by atoms with Gasteiger partial charge in [-0.25, -0.2) is 0 Å². The molecule has 0 aliphatic heterocycles. The second-order valence-electron chi connectivity index (χ2n) is 8.13. The summed E-state index contributed by atoms with van der Waals surface area (Å²) in [6, 6.07) is 0.549. The van der Waals surface area contributed by atoms with Crippen molar-refractivity contribution in [2.75, 3.05) is 47.8 Å². The van der Waals surface area contributed by atoms with E-state index in [2.05, 4.69) is 36.6 Å². The minimum atomic E-state index is -0.302. The number of aliphatic imine (C=N–C) groups is 1. The zero-order chi connectivity index (χ0) is 18.4. The van der Waals surface area contributed by atoms with Crippen LogP contribution in [0.5, 0.6) is 0 Å². The van der Waals surface area contributed by atoms with Crippen LogP contribution in [0.2, 0.25) is 0 Å². The van der Waals surface area contributed by atoms with E-state index in [1.165, 1.54) is 12.8 Å². The lowest BCUT2D eigenvalue weighted by Crippen LogP contribution is -2.47. The largest absolute Gasteiger partial charge is 0.357 e. The van der Waals surface area contributed by atoms with Crippen LogP contribution in [-0.2, 0) is 4.79 Å². The Morgan fingerprint density at radius 1 is 1.16 bits per heavy atom. The number of guanidine groups is 1. The smallest absolute Gasteiger partial charge is 0.230 e. The van der Waals surface area contributed by atoms with Crippen molar-refractivity contribution in [2.24, 2.45) is 16.3 Å². The first-order valence-corrected chi connectivity index (χ1v) is 9.80. The topological polar surface area (TPSA) is 60.0 Å². The highest BCUT2D eigenvalue weighted by Crippen LogP contribution is 2.39. The Morgan fingerprint density at radius 3 is 2.28 bits per heavy atom. The average Bonchev–Trinajstić information content (AvgIpc) is 3.28. The third-order valence-electron chi connectivity index (χ3n) is 5.61. The molecule has 0 spiro atoms. The van der Waals surface area contributed by atoms with Gasteiger partial charge in [0.1, 0.15) is 0 Å². The summed E-state index contributed by atoms with van der Waals surface area (Å²) < 4.78 is 0. The van der Waals surface area contributed by atoms with E-state index in [1.54, 1.807) is 4.90 Å². The molecular weight excluding hydrogens is 314 g/mol. The van der Waals surface area contributed by atoms with E-state index in [0.29, 0.717) is 12.6 Å². The zero-order valence-electron chi connectivity index (χ0n) is 16.8. The Morgan fingerprint density at radius 2 is 1.80 bits per heavy atom. The van der Waals surface area contributed by atoms with Crippen molar-refractivity contribution in [3.63, 3.8) is 0 Å². The van der Waals surface area contributed by atoms with Gasteiger partial charge in [-0.1, -0.05) is 12.8 Å². The fourth-order valence-corrected chi connectivity index (χ4v) is 3.99. The normalized spacial score (nSPS) is 21.3. The minimum Gasteiger partial charge on any atom is -0.357 e. The van der Waals surface area contributed by atoms with Crippen LogP contribution < -0.4 is 10.6 Å². The maximum atomic E-state index is 12.7. The van der Waals surface area contributed by atoms with Gasteiger partial charge in [0.15, 0.2) is 5.96 Å². The maximum Gasteiger partial charge on any atom is 0.230 e. The molecule has 0 bridgehead atoms. The van der Waals surface area contributed by atoms with Crippen LogP contribution in [0.3, 0.4) is 0 Å². The fraction of sp³-hybridized carbons (Fsp3) is 0.895. The molecule has 1 atom stereocenters. The minimum absolute atomic E-state index is 0.230. The van der Waals surface area contributed by atoms with Gasteiger partial charge >= 0.3 is 0 Å². The third kappa shape index (κ3) is 5.33. The van der Waals surface area contributed by atoms with E-state index in [0.717, 1.165) is 50.7 Å². The summed E-state index contributed by atoms with van der Waals surface area (Å²) in [6.45, 7) is 4.39. The van der Waals surface area contributed by atoms with Gasteiger partial charge in [0, 0.05) is 33.2 Å². The molecule has 0 aromatic heterocycles. The van der Waals surface area contributed by atoms with Crippen LogP contribution in [0, 0.1) is 11.3 Å². The van der Waals surface area contributed by atoms with E-state index in [-0.39, 0.29) is 11.3 Å². The molecule has 2 N–H and O–H groups in total. The Labute approximate surface area is 153 Å². The van der Waals surface area contributed by atoms with Gasteiger partial charge in [0.2, 0.25) is 5.91 Å². The van der Waals surface area contributed by atoms with Crippen LogP contribution in [0.1, 0.15) is 45.4 Å². The lowest BCUT2D eigenvalue weighted by molar-refractivity contribution is -0.138. The first-order valence-electron chi connectivity index (χ1n) is 9.80. The predicted octanol–water partition coefficient (Wildman–Crippen LogP) is 1.53. The molecule has 0 aromatic rings. The number of amides is 1. The number of hydrogen-bond donors (Lipinski definition) is 2. The molecule has 0 heterocycles. The van der Waals surface area contributed by atoms with Crippen molar-refractivity contribution in [1.29, 1.82) is 0 Å². The fourth-order valence-electron chi connectivity index (χ4n) is 3.99. The summed E-state index contributed by atoms with van der Waals surface area (Å²) in [5, 5.41) is 6.85. The number of carbonyl (C=O) groups is 1. The van der Waals surface area contributed by atoms with Gasteiger partial charge in [-0.2, -0.15) is 0 Å². The molecule has 2 aliphatic carbocycles.